The maximum Gasteiger partial charge on any atom is 0.274 e. The van der Waals surface area contributed by atoms with Crippen LogP contribution in [0.3, 0.4) is 0 Å². The smallest absolute Gasteiger partial charge is 0.274 e. The number of benzene rings is 2. The Morgan fingerprint density at radius 2 is 1.97 bits per heavy atom. The molecule has 168 valence electrons. The molecule has 3 N–H and O–H groups in total. The van der Waals surface area contributed by atoms with E-state index in [2.05, 4.69) is 20.4 Å². The van der Waals surface area contributed by atoms with Crippen molar-refractivity contribution in [3.05, 3.63) is 81.2 Å². The Morgan fingerprint density at radius 3 is 2.70 bits per heavy atom. The Hall–Kier alpha value is -3.69. The van der Waals surface area contributed by atoms with Gasteiger partial charge < -0.3 is 15.2 Å². The van der Waals surface area contributed by atoms with Gasteiger partial charge in [0, 0.05) is 11.6 Å². The van der Waals surface area contributed by atoms with Gasteiger partial charge in [-0.05, 0) is 25.0 Å². The largest absolute Gasteiger partial charge is 0.486 e. The lowest BCUT2D eigenvalue weighted by molar-refractivity contribution is 0.0902. The number of ether oxygens (including phenoxy) is 1. The SMILES string of the molecule is O=C(NC1(CO)CC1)c1c(Cl)cccc1OCc1cc(=O)n2[nH]c(-c3ccccc3)nc2n1. The highest BCUT2D eigenvalue weighted by atomic mass is 35.5. The van der Waals surface area contributed by atoms with Crippen LogP contribution >= 0.6 is 11.6 Å². The van der Waals surface area contributed by atoms with Crippen molar-refractivity contribution in [3.8, 4) is 17.1 Å². The molecule has 5 rings (SSSR count). The van der Waals surface area contributed by atoms with Gasteiger partial charge in [-0.15, -0.1) is 0 Å². The first-order valence-corrected chi connectivity index (χ1v) is 10.7. The fourth-order valence-corrected chi connectivity index (χ4v) is 3.75. The van der Waals surface area contributed by atoms with E-state index in [9.17, 15) is 14.7 Å². The summed E-state index contributed by atoms with van der Waals surface area (Å²) in [6.45, 7) is -0.201. The zero-order valence-corrected chi connectivity index (χ0v) is 18.2. The first-order valence-electron chi connectivity index (χ1n) is 10.4. The van der Waals surface area contributed by atoms with Crippen molar-refractivity contribution < 1.29 is 14.6 Å². The van der Waals surface area contributed by atoms with Crippen molar-refractivity contribution in [2.24, 2.45) is 0 Å². The first kappa shape index (κ1) is 21.2. The second-order valence-corrected chi connectivity index (χ2v) is 8.36. The fourth-order valence-electron chi connectivity index (χ4n) is 3.50. The molecule has 33 heavy (non-hydrogen) atoms. The Bertz CT molecular complexity index is 1400. The topological polar surface area (TPSA) is 122 Å². The number of nitrogens with zero attached hydrogens (tertiary/aromatic N) is 3. The van der Waals surface area contributed by atoms with Gasteiger partial charge in [0.1, 0.15) is 12.4 Å². The van der Waals surface area contributed by atoms with Gasteiger partial charge in [-0.1, -0.05) is 48.0 Å². The van der Waals surface area contributed by atoms with Gasteiger partial charge in [-0.3, -0.25) is 14.7 Å². The van der Waals surface area contributed by atoms with Crippen LogP contribution in [0.5, 0.6) is 5.75 Å². The van der Waals surface area contributed by atoms with Gasteiger partial charge in [0.15, 0.2) is 5.82 Å². The van der Waals surface area contributed by atoms with Gasteiger partial charge in [0.25, 0.3) is 17.2 Å². The van der Waals surface area contributed by atoms with Crippen LogP contribution in [0.25, 0.3) is 17.2 Å². The van der Waals surface area contributed by atoms with Crippen LogP contribution in [-0.4, -0.2) is 42.7 Å². The number of aliphatic hydroxyl groups excluding tert-OH is 1. The number of aromatic amines is 1. The Balaban J connectivity index is 1.39. The molecule has 0 saturated heterocycles. The van der Waals surface area contributed by atoms with Crippen LogP contribution in [0.4, 0.5) is 0 Å². The van der Waals surface area contributed by atoms with Crippen molar-refractivity contribution in [2.45, 2.75) is 25.0 Å². The highest BCUT2D eigenvalue weighted by Crippen LogP contribution is 2.36. The van der Waals surface area contributed by atoms with Gasteiger partial charge in [-0.25, -0.2) is 4.98 Å². The van der Waals surface area contributed by atoms with E-state index >= 15 is 0 Å². The number of H-pyrrole nitrogens is 1. The first-order chi connectivity index (χ1) is 16.0. The third-order valence-corrected chi connectivity index (χ3v) is 5.86. The highest BCUT2D eigenvalue weighted by Gasteiger charge is 2.44. The molecule has 0 unspecified atom stereocenters. The minimum absolute atomic E-state index is 0.0644. The molecule has 0 spiro atoms. The van der Waals surface area contributed by atoms with Crippen LogP contribution in [0.15, 0.2) is 59.4 Å². The van der Waals surface area contributed by atoms with Gasteiger partial charge in [0.05, 0.1) is 28.4 Å². The standard InChI is InChI=1S/C23H20ClN5O4/c24-16-7-4-8-17(19(16)21(32)27-23(13-30)9-10-23)33-12-15-11-18(31)29-22(25-15)26-20(28-29)14-5-2-1-3-6-14/h1-8,11,30H,9-10,12-13H2,(H,27,32)(H,25,26,28). The summed E-state index contributed by atoms with van der Waals surface area (Å²) in [6, 6.07) is 15.6. The van der Waals surface area contributed by atoms with E-state index in [-0.39, 0.29) is 40.9 Å². The monoisotopic (exact) mass is 465 g/mol. The number of carbonyl (C=O) groups is 1. The molecule has 0 aliphatic heterocycles. The number of rotatable bonds is 7. The van der Waals surface area contributed by atoms with Crippen molar-refractivity contribution in [2.75, 3.05) is 6.61 Å². The van der Waals surface area contributed by atoms with Crippen LogP contribution in [-0.2, 0) is 6.61 Å². The highest BCUT2D eigenvalue weighted by molar-refractivity contribution is 6.34. The predicted octanol–water partition coefficient (Wildman–Crippen LogP) is 2.57. The molecule has 2 aromatic heterocycles. The molecule has 1 aliphatic carbocycles. The van der Waals surface area contributed by atoms with Crippen molar-refractivity contribution in [1.82, 2.24) is 24.9 Å². The lowest BCUT2D eigenvalue weighted by Gasteiger charge is -2.17. The summed E-state index contributed by atoms with van der Waals surface area (Å²) in [7, 11) is 0. The second kappa shape index (κ2) is 8.34. The Kier molecular flexibility index (Phi) is 5.35. The Morgan fingerprint density at radius 1 is 1.18 bits per heavy atom. The zero-order valence-electron chi connectivity index (χ0n) is 17.4. The van der Waals surface area contributed by atoms with Crippen LogP contribution in [0.1, 0.15) is 28.9 Å². The molecule has 0 atom stereocenters. The normalized spacial score (nSPS) is 14.2. The van der Waals surface area contributed by atoms with Crippen LogP contribution in [0, 0.1) is 0 Å². The van der Waals surface area contributed by atoms with E-state index in [0.29, 0.717) is 24.4 Å². The molecule has 1 saturated carbocycles. The molecular formula is C23H20ClN5O4. The molecule has 4 aromatic rings. The van der Waals surface area contributed by atoms with E-state index in [4.69, 9.17) is 16.3 Å². The number of fused-ring (bicyclic) bond motifs is 1. The second-order valence-electron chi connectivity index (χ2n) is 7.95. The van der Waals surface area contributed by atoms with Crippen molar-refractivity contribution in [1.29, 1.82) is 0 Å². The summed E-state index contributed by atoms with van der Waals surface area (Å²) >= 11 is 6.28. The van der Waals surface area contributed by atoms with E-state index in [0.717, 1.165) is 5.56 Å². The summed E-state index contributed by atoms with van der Waals surface area (Å²) in [5.74, 6) is 0.556. The summed E-state index contributed by atoms with van der Waals surface area (Å²) < 4.78 is 7.09. The maximum absolute atomic E-state index is 12.8. The summed E-state index contributed by atoms with van der Waals surface area (Å²) in [5.41, 5.74) is 0.418. The number of aromatic nitrogens is 4. The zero-order chi connectivity index (χ0) is 23.0. The number of halogens is 1. The summed E-state index contributed by atoms with van der Waals surface area (Å²) in [4.78, 5) is 34.2. The lowest BCUT2D eigenvalue weighted by Crippen LogP contribution is -2.39. The predicted molar refractivity (Wildman–Crippen MR) is 121 cm³/mol. The molecule has 1 fully saturated rings. The van der Waals surface area contributed by atoms with E-state index < -0.39 is 11.4 Å². The molecule has 0 bridgehead atoms. The number of amides is 1. The van der Waals surface area contributed by atoms with E-state index in [1.165, 1.54) is 10.6 Å². The molecule has 1 amide bonds. The quantitative estimate of drug-likeness (QED) is 0.385. The number of hydrogen-bond acceptors (Lipinski definition) is 6. The molecule has 2 aromatic carbocycles. The van der Waals surface area contributed by atoms with Crippen LogP contribution in [0.2, 0.25) is 5.02 Å². The van der Waals surface area contributed by atoms with Crippen LogP contribution < -0.4 is 15.6 Å². The van der Waals surface area contributed by atoms with Gasteiger partial charge in [-0.2, -0.15) is 9.50 Å². The van der Waals surface area contributed by atoms with Gasteiger partial charge in [0.2, 0.25) is 0 Å². The molecule has 9 nitrogen and oxygen atoms in total. The molecule has 1 aliphatic rings. The Labute approximate surface area is 193 Å². The molecule has 0 radical (unpaired) electrons. The fraction of sp³-hybridized carbons (Fsp3) is 0.217. The maximum atomic E-state index is 12.8. The van der Waals surface area contributed by atoms with E-state index in [1.807, 2.05) is 30.3 Å². The summed E-state index contributed by atoms with van der Waals surface area (Å²) in [6.07, 6.45) is 1.41. The van der Waals surface area contributed by atoms with Crippen molar-refractivity contribution in [3.63, 3.8) is 0 Å². The average Bonchev–Trinajstić information content (AvgIpc) is 3.45. The molecule has 10 heteroatoms. The summed E-state index contributed by atoms with van der Waals surface area (Å²) in [5, 5.41) is 15.5. The number of hydrogen-bond donors (Lipinski definition) is 3. The minimum Gasteiger partial charge on any atom is -0.486 e. The third kappa shape index (κ3) is 4.20. The number of carbonyl (C=O) groups excluding carboxylic acids is 1. The number of aliphatic hydroxyl groups is 1. The number of nitrogens with one attached hydrogen (secondary N) is 2. The van der Waals surface area contributed by atoms with Crippen molar-refractivity contribution >= 4 is 23.3 Å². The van der Waals surface area contributed by atoms with Gasteiger partial charge >= 0.3 is 0 Å². The molecule has 2 heterocycles. The lowest BCUT2D eigenvalue weighted by atomic mass is 10.1. The van der Waals surface area contributed by atoms with E-state index in [1.54, 1.807) is 18.2 Å². The third-order valence-electron chi connectivity index (χ3n) is 5.54. The molecular weight excluding hydrogens is 446 g/mol. The average molecular weight is 466 g/mol. The minimum atomic E-state index is -0.592.